The number of nitrogens with one attached hydrogen (secondary N) is 1. The molecule has 1 amide bonds. The maximum atomic E-state index is 12.0. The number of carboxylic acid groups (broad SMARTS) is 1. The van der Waals surface area contributed by atoms with Crippen LogP contribution in [0.5, 0.6) is 0 Å². The fourth-order valence-electron chi connectivity index (χ4n) is 1.70. The number of amides is 1. The van der Waals surface area contributed by atoms with Crippen molar-refractivity contribution >= 4 is 18.0 Å². The van der Waals surface area contributed by atoms with Gasteiger partial charge in [-0.25, -0.2) is 4.79 Å². The number of carbonyl (C=O) groups excluding carboxylic acids is 1. The van der Waals surface area contributed by atoms with Crippen LogP contribution in [0.3, 0.4) is 0 Å². The molecule has 2 aromatic rings. The molecule has 2 N–H and O–H groups in total. The van der Waals surface area contributed by atoms with Crippen LogP contribution in [0, 0.1) is 6.92 Å². The Hall–Kier alpha value is -2.96. The van der Waals surface area contributed by atoms with Crippen molar-refractivity contribution in [3.8, 4) is 0 Å². The van der Waals surface area contributed by atoms with E-state index in [1.54, 1.807) is 25.1 Å². The summed E-state index contributed by atoms with van der Waals surface area (Å²) in [5.41, 5.74) is 2.02. The van der Waals surface area contributed by atoms with Crippen LogP contribution >= 0.6 is 0 Å². The summed E-state index contributed by atoms with van der Waals surface area (Å²) in [5, 5.41) is 14.8. The van der Waals surface area contributed by atoms with Crippen LogP contribution < -0.4 is 5.32 Å². The predicted molar refractivity (Wildman–Crippen MR) is 73.3 cm³/mol. The summed E-state index contributed by atoms with van der Waals surface area (Å²) in [6, 6.07) is 5.01. The molecule has 0 spiro atoms. The van der Waals surface area contributed by atoms with Crippen LogP contribution in [-0.4, -0.2) is 27.1 Å². The first kappa shape index (κ1) is 14.4. The van der Waals surface area contributed by atoms with Crippen LogP contribution in [0.2, 0.25) is 0 Å². The zero-order valence-corrected chi connectivity index (χ0v) is 11.2. The molecular weight excluding hydrogens is 274 g/mol. The van der Waals surface area contributed by atoms with Gasteiger partial charge in [0.2, 0.25) is 6.39 Å². The number of hydrogen-bond donors (Lipinski definition) is 2. The lowest BCUT2D eigenvalue weighted by atomic mass is 10.0. The minimum atomic E-state index is -1.02. The predicted octanol–water partition coefficient (Wildman–Crippen LogP) is 1.41. The fraction of sp³-hybridized carbons (Fsp3) is 0.143. The second-order valence-corrected chi connectivity index (χ2v) is 4.27. The largest absolute Gasteiger partial charge is 0.478 e. The monoisotopic (exact) mass is 287 g/mol. The highest BCUT2D eigenvalue weighted by Gasteiger charge is 2.08. The molecule has 7 nitrogen and oxygen atoms in total. The molecule has 0 aliphatic heterocycles. The quantitative estimate of drug-likeness (QED) is 0.805. The summed E-state index contributed by atoms with van der Waals surface area (Å²) in [5.74, 6) is -0.894. The van der Waals surface area contributed by atoms with Crippen LogP contribution in [0.15, 0.2) is 35.2 Å². The van der Waals surface area contributed by atoms with Crippen LogP contribution in [0.4, 0.5) is 0 Å². The Bertz CT molecular complexity index is 678. The molecule has 1 aromatic carbocycles. The van der Waals surface area contributed by atoms with Gasteiger partial charge in [0.05, 0.1) is 6.54 Å². The topological polar surface area (TPSA) is 105 Å². The number of aliphatic carboxylic acids is 1. The van der Waals surface area contributed by atoms with Crippen molar-refractivity contribution in [3.63, 3.8) is 0 Å². The third-order valence-corrected chi connectivity index (χ3v) is 2.75. The number of nitrogens with zero attached hydrogens (tertiary/aromatic N) is 2. The molecular formula is C14H13N3O4. The van der Waals surface area contributed by atoms with Gasteiger partial charge in [-0.1, -0.05) is 11.2 Å². The number of aryl methyl sites for hydroxylation is 1. The Morgan fingerprint density at radius 2 is 2.24 bits per heavy atom. The Morgan fingerprint density at radius 1 is 1.43 bits per heavy atom. The number of carbonyl (C=O) groups is 2. The van der Waals surface area contributed by atoms with Crippen molar-refractivity contribution in [2.45, 2.75) is 13.5 Å². The first-order chi connectivity index (χ1) is 10.1. The van der Waals surface area contributed by atoms with Crippen molar-refractivity contribution in [2.75, 3.05) is 0 Å². The van der Waals surface area contributed by atoms with Crippen LogP contribution in [-0.2, 0) is 11.3 Å². The second kappa shape index (κ2) is 6.47. The maximum absolute atomic E-state index is 12.0. The minimum Gasteiger partial charge on any atom is -0.478 e. The van der Waals surface area contributed by atoms with E-state index in [-0.39, 0.29) is 12.5 Å². The lowest BCUT2D eigenvalue weighted by Gasteiger charge is -2.06. The average Bonchev–Trinajstić information content (AvgIpc) is 2.96. The van der Waals surface area contributed by atoms with Crippen molar-refractivity contribution in [1.82, 2.24) is 15.5 Å². The SMILES string of the molecule is Cc1cc(C(=O)NCc2ncon2)ccc1/C=C/C(=O)O. The van der Waals surface area contributed by atoms with Crippen molar-refractivity contribution < 1.29 is 19.2 Å². The van der Waals surface area contributed by atoms with E-state index in [1.165, 1.54) is 12.5 Å². The fourth-order valence-corrected chi connectivity index (χ4v) is 1.70. The Labute approximate surface area is 120 Å². The van der Waals surface area contributed by atoms with Crippen LogP contribution in [0.1, 0.15) is 27.3 Å². The van der Waals surface area contributed by atoms with Gasteiger partial charge in [0.15, 0.2) is 5.82 Å². The van der Waals surface area contributed by atoms with Gasteiger partial charge >= 0.3 is 5.97 Å². The molecule has 1 heterocycles. The van der Waals surface area contributed by atoms with E-state index in [0.29, 0.717) is 11.4 Å². The van der Waals surface area contributed by atoms with Crippen molar-refractivity contribution in [2.24, 2.45) is 0 Å². The van der Waals surface area contributed by atoms with E-state index >= 15 is 0 Å². The molecule has 0 radical (unpaired) electrons. The van der Waals surface area contributed by atoms with E-state index in [0.717, 1.165) is 17.2 Å². The highest BCUT2D eigenvalue weighted by atomic mass is 16.5. The summed E-state index contributed by atoms with van der Waals surface area (Å²) in [4.78, 5) is 26.2. The van der Waals surface area contributed by atoms with Gasteiger partial charge in [0.1, 0.15) is 0 Å². The lowest BCUT2D eigenvalue weighted by Crippen LogP contribution is -2.23. The van der Waals surface area contributed by atoms with Gasteiger partial charge in [-0.15, -0.1) is 0 Å². The first-order valence-corrected chi connectivity index (χ1v) is 6.11. The number of rotatable bonds is 5. The van der Waals surface area contributed by atoms with E-state index in [9.17, 15) is 9.59 Å². The summed E-state index contributed by atoms with van der Waals surface area (Å²) in [7, 11) is 0. The summed E-state index contributed by atoms with van der Waals surface area (Å²) in [6.45, 7) is 1.98. The lowest BCUT2D eigenvalue weighted by molar-refractivity contribution is -0.131. The molecule has 1 aromatic heterocycles. The maximum Gasteiger partial charge on any atom is 0.328 e. The zero-order chi connectivity index (χ0) is 15.2. The molecule has 0 saturated heterocycles. The van der Waals surface area contributed by atoms with Gasteiger partial charge < -0.3 is 14.9 Å². The third kappa shape index (κ3) is 4.00. The second-order valence-electron chi connectivity index (χ2n) is 4.27. The van der Waals surface area contributed by atoms with E-state index in [2.05, 4.69) is 20.0 Å². The van der Waals surface area contributed by atoms with Gasteiger partial charge in [0.25, 0.3) is 5.91 Å². The summed E-state index contributed by atoms with van der Waals surface area (Å²) >= 11 is 0. The molecule has 0 aliphatic rings. The molecule has 2 rings (SSSR count). The molecule has 0 atom stereocenters. The number of carboxylic acids is 1. The zero-order valence-electron chi connectivity index (χ0n) is 11.2. The third-order valence-electron chi connectivity index (χ3n) is 2.75. The molecule has 0 saturated carbocycles. The van der Waals surface area contributed by atoms with Crippen molar-refractivity contribution in [3.05, 3.63) is 53.2 Å². The van der Waals surface area contributed by atoms with Crippen molar-refractivity contribution in [1.29, 1.82) is 0 Å². The Kier molecular flexibility index (Phi) is 4.45. The Balaban J connectivity index is 2.05. The molecule has 0 fully saturated rings. The standard InChI is InChI=1S/C14H13N3O4/c1-9-6-11(3-2-10(9)4-5-13(18)19)14(20)15-7-12-16-8-21-17-12/h2-6,8H,7H2,1H3,(H,15,20)(H,18,19)/b5-4+. The Morgan fingerprint density at radius 3 is 2.86 bits per heavy atom. The van der Waals surface area contributed by atoms with Gasteiger partial charge in [-0.2, -0.15) is 4.98 Å². The molecule has 21 heavy (non-hydrogen) atoms. The van der Waals surface area contributed by atoms with E-state index in [1.807, 2.05) is 0 Å². The summed E-state index contributed by atoms with van der Waals surface area (Å²) < 4.78 is 4.57. The summed E-state index contributed by atoms with van der Waals surface area (Å²) in [6.07, 6.45) is 3.73. The molecule has 0 aliphatic carbocycles. The highest BCUT2D eigenvalue weighted by Crippen LogP contribution is 2.13. The smallest absolute Gasteiger partial charge is 0.328 e. The van der Waals surface area contributed by atoms with E-state index < -0.39 is 5.97 Å². The minimum absolute atomic E-state index is 0.176. The molecule has 7 heteroatoms. The van der Waals surface area contributed by atoms with Crippen LogP contribution in [0.25, 0.3) is 6.08 Å². The molecule has 0 bridgehead atoms. The number of benzene rings is 1. The normalized spacial score (nSPS) is 10.7. The van der Waals surface area contributed by atoms with Gasteiger partial charge in [-0.05, 0) is 36.3 Å². The molecule has 0 unspecified atom stereocenters. The average molecular weight is 287 g/mol. The number of aromatic nitrogens is 2. The first-order valence-electron chi connectivity index (χ1n) is 6.11. The molecule has 108 valence electrons. The number of hydrogen-bond acceptors (Lipinski definition) is 5. The van der Waals surface area contributed by atoms with Gasteiger partial charge in [-0.3, -0.25) is 4.79 Å². The van der Waals surface area contributed by atoms with Gasteiger partial charge in [0, 0.05) is 11.6 Å². The highest BCUT2D eigenvalue weighted by molar-refractivity contribution is 5.94. The van der Waals surface area contributed by atoms with E-state index in [4.69, 9.17) is 5.11 Å².